The number of aromatic nitrogens is 7. The van der Waals surface area contributed by atoms with Crippen LogP contribution in [0.25, 0.3) is 22.2 Å². The lowest BCUT2D eigenvalue weighted by Gasteiger charge is -2.08. The van der Waals surface area contributed by atoms with Gasteiger partial charge in [0.2, 0.25) is 5.65 Å². The highest BCUT2D eigenvalue weighted by Gasteiger charge is 2.30. The van der Waals surface area contributed by atoms with Gasteiger partial charge in [0.1, 0.15) is 0 Å². The smallest absolute Gasteiger partial charge is 0.261 e. The van der Waals surface area contributed by atoms with E-state index in [0.29, 0.717) is 23.5 Å². The monoisotopic (exact) mass is 421 g/mol. The second-order valence-electron chi connectivity index (χ2n) is 7.00. The van der Waals surface area contributed by atoms with E-state index in [4.69, 9.17) is 0 Å². The third kappa shape index (κ3) is 3.91. The zero-order chi connectivity index (χ0) is 21.4. The Morgan fingerprint density at radius 3 is 2.68 bits per heavy atom. The maximum Gasteiger partial charge on any atom is 0.416 e. The standard InChI is InChI=1S/C21H14F3N7/c22-21(23,24)15-5-7-25-16(9-15)10-17-11-27-19-20(28-17)31(30-29-19)12-13-3-4-18-14(8-13)2-1-6-26-18/h1-9,11H,10,12H2. The summed E-state index contributed by atoms with van der Waals surface area (Å²) in [6.45, 7) is 0.418. The first-order chi connectivity index (χ1) is 15.0. The summed E-state index contributed by atoms with van der Waals surface area (Å²) in [6, 6.07) is 11.7. The Balaban J connectivity index is 1.44. The molecular weight excluding hydrogens is 407 g/mol. The van der Waals surface area contributed by atoms with Crippen LogP contribution in [0.15, 0.2) is 61.1 Å². The number of pyridine rings is 2. The van der Waals surface area contributed by atoms with Gasteiger partial charge in [-0.3, -0.25) is 9.97 Å². The predicted octanol–water partition coefficient (Wildman–Crippen LogP) is 3.82. The van der Waals surface area contributed by atoms with E-state index in [1.54, 1.807) is 10.9 Å². The molecule has 0 bridgehead atoms. The molecule has 4 aromatic heterocycles. The van der Waals surface area contributed by atoms with Crippen LogP contribution in [-0.4, -0.2) is 34.9 Å². The average Bonchev–Trinajstić information content (AvgIpc) is 3.15. The third-order valence-electron chi connectivity index (χ3n) is 4.78. The minimum Gasteiger partial charge on any atom is -0.261 e. The molecule has 0 aliphatic heterocycles. The normalized spacial score (nSPS) is 12.0. The fourth-order valence-electron chi connectivity index (χ4n) is 3.32. The number of benzene rings is 1. The van der Waals surface area contributed by atoms with Crippen molar-refractivity contribution >= 4 is 22.2 Å². The fraction of sp³-hybridized carbons (Fsp3) is 0.143. The molecule has 0 radical (unpaired) electrons. The maximum absolute atomic E-state index is 13.0. The van der Waals surface area contributed by atoms with Crippen molar-refractivity contribution in [1.29, 1.82) is 0 Å². The minimum absolute atomic E-state index is 0.111. The summed E-state index contributed by atoms with van der Waals surface area (Å²) < 4.78 is 40.5. The van der Waals surface area contributed by atoms with Gasteiger partial charge < -0.3 is 0 Å². The van der Waals surface area contributed by atoms with Crippen LogP contribution in [0.3, 0.4) is 0 Å². The van der Waals surface area contributed by atoms with Crippen molar-refractivity contribution in [2.24, 2.45) is 0 Å². The van der Waals surface area contributed by atoms with Crippen LogP contribution in [0.1, 0.15) is 22.5 Å². The second kappa shape index (κ2) is 7.38. The average molecular weight is 421 g/mol. The lowest BCUT2D eigenvalue weighted by molar-refractivity contribution is -0.137. The first-order valence-electron chi connectivity index (χ1n) is 9.37. The second-order valence-corrected chi connectivity index (χ2v) is 7.00. The van der Waals surface area contributed by atoms with Crippen molar-refractivity contribution in [3.05, 3.63) is 83.6 Å². The van der Waals surface area contributed by atoms with Gasteiger partial charge in [-0.2, -0.15) is 13.2 Å². The van der Waals surface area contributed by atoms with Crippen molar-refractivity contribution < 1.29 is 13.2 Å². The quantitative estimate of drug-likeness (QED) is 0.439. The number of hydrogen-bond donors (Lipinski definition) is 0. The highest BCUT2D eigenvalue weighted by Crippen LogP contribution is 2.29. The van der Waals surface area contributed by atoms with Crippen molar-refractivity contribution in [1.82, 2.24) is 34.9 Å². The molecule has 0 saturated carbocycles. The molecule has 5 aromatic rings. The van der Waals surface area contributed by atoms with Gasteiger partial charge in [0.25, 0.3) is 0 Å². The van der Waals surface area contributed by atoms with Gasteiger partial charge in [-0.1, -0.05) is 17.3 Å². The molecule has 0 fully saturated rings. The summed E-state index contributed by atoms with van der Waals surface area (Å²) in [5.41, 5.74) is 2.68. The SMILES string of the molecule is FC(F)(F)c1ccnc(Cc2cnc3nnn(Cc4ccc5ncccc5c4)c3n2)c1. The first-order valence-corrected chi connectivity index (χ1v) is 9.37. The van der Waals surface area contributed by atoms with Gasteiger partial charge in [-0.15, -0.1) is 5.10 Å². The van der Waals surface area contributed by atoms with Crippen LogP contribution < -0.4 is 0 Å². The van der Waals surface area contributed by atoms with Gasteiger partial charge in [0, 0.05) is 29.9 Å². The Bertz CT molecular complexity index is 1390. The summed E-state index contributed by atoms with van der Waals surface area (Å²) in [5, 5.41) is 9.17. The summed E-state index contributed by atoms with van der Waals surface area (Å²) in [4.78, 5) is 17.1. The molecule has 1 aromatic carbocycles. The van der Waals surface area contributed by atoms with Crippen molar-refractivity contribution in [2.75, 3.05) is 0 Å². The van der Waals surface area contributed by atoms with E-state index < -0.39 is 11.7 Å². The Morgan fingerprint density at radius 2 is 1.81 bits per heavy atom. The first kappa shape index (κ1) is 19.0. The number of alkyl halides is 3. The highest BCUT2D eigenvalue weighted by atomic mass is 19.4. The zero-order valence-electron chi connectivity index (χ0n) is 16.0. The van der Waals surface area contributed by atoms with Gasteiger partial charge >= 0.3 is 6.18 Å². The fourth-order valence-corrected chi connectivity index (χ4v) is 3.32. The van der Waals surface area contributed by atoms with E-state index in [2.05, 4.69) is 30.2 Å². The molecular formula is C21H14F3N7. The van der Waals surface area contributed by atoms with Crippen molar-refractivity contribution in [3.8, 4) is 0 Å². The third-order valence-corrected chi connectivity index (χ3v) is 4.78. The molecule has 0 saturated heterocycles. The summed E-state index contributed by atoms with van der Waals surface area (Å²) >= 11 is 0. The number of nitrogens with zero attached hydrogens (tertiary/aromatic N) is 7. The molecule has 0 N–H and O–H groups in total. The van der Waals surface area contributed by atoms with E-state index in [1.807, 2.05) is 30.3 Å². The minimum atomic E-state index is -4.43. The maximum atomic E-state index is 13.0. The summed E-state index contributed by atoms with van der Waals surface area (Å²) in [7, 11) is 0. The van der Waals surface area contributed by atoms with E-state index in [-0.39, 0.29) is 12.1 Å². The summed E-state index contributed by atoms with van der Waals surface area (Å²) in [5.74, 6) is 0. The van der Waals surface area contributed by atoms with E-state index in [0.717, 1.165) is 34.8 Å². The Morgan fingerprint density at radius 1 is 0.903 bits per heavy atom. The van der Waals surface area contributed by atoms with Gasteiger partial charge in [-0.05, 0) is 35.9 Å². The van der Waals surface area contributed by atoms with E-state index >= 15 is 0 Å². The van der Waals surface area contributed by atoms with E-state index in [1.165, 1.54) is 6.20 Å². The number of halogens is 3. The lowest BCUT2D eigenvalue weighted by atomic mass is 10.1. The highest BCUT2D eigenvalue weighted by molar-refractivity contribution is 5.79. The van der Waals surface area contributed by atoms with Crippen LogP contribution in [0, 0.1) is 0 Å². The Kier molecular flexibility index (Phi) is 4.54. The molecule has 0 atom stereocenters. The van der Waals surface area contributed by atoms with Crippen molar-refractivity contribution in [2.45, 2.75) is 19.1 Å². The molecule has 0 aliphatic carbocycles. The molecule has 0 unspecified atom stereocenters. The van der Waals surface area contributed by atoms with Crippen LogP contribution in [0.4, 0.5) is 13.2 Å². The molecule has 10 heteroatoms. The van der Waals surface area contributed by atoms with Crippen molar-refractivity contribution in [3.63, 3.8) is 0 Å². The topological polar surface area (TPSA) is 82.3 Å². The largest absolute Gasteiger partial charge is 0.416 e. The molecule has 0 aliphatic rings. The lowest BCUT2D eigenvalue weighted by Crippen LogP contribution is -2.07. The molecule has 7 nitrogen and oxygen atoms in total. The molecule has 0 spiro atoms. The molecule has 4 heterocycles. The summed E-state index contributed by atoms with van der Waals surface area (Å²) in [6.07, 6.45) is 0.0454. The molecule has 5 rings (SSSR count). The predicted molar refractivity (Wildman–Crippen MR) is 106 cm³/mol. The zero-order valence-corrected chi connectivity index (χ0v) is 16.0. The van der Waals surface area contributed by atoms with Gasteiger partial charge in [-0.25, -0.2) is 14.6 Å². The van der Waals surface area contributed by atoms with Crippen LogP contribution in [0.5, 0.6) is 0 Å². The Labute approximate surface area is 173 Å². The number of rotatable bonds is 4. The van der Waals surface area contributed by atoms with Crippen LogP contribution in [0.2, 0.25) is 0 Å². The molecule has 154 valence electrons. The number of hydrogen-bond acceptors (Lipinski definition) is 6. The Hall–Kier alpha value is -3.95. The van der Waals surface area contributed by atoms with Gasteiger partial charge in [0.05, 0.1) is 29.5 Å². The van der Waals surface area contributed by atoms with Gasteiger partial charge in [0.15, 0.2) is 5.65 Å². The molecule has 0 amide bonds. The van der Waals surface area contributed by atoms with Crippen LogP contribution in [-0.2, 0) is 19.1 Å². The van der Waals surface area contributed by atoms with E-state index in [9.17, 15) is 13.2 Å². The number of fused-ring (bicyclic) bond motifs is 2. The molecule has 31 heavy (non-hydrogen) atoms. The van der Waals surface area contributed by atoms with Crippen LogP contribution >= 0.6 is 0 Å².